The fourth-order valence-electron chi connectivity index (χ4n) is 3.06. The third-order valence-corrected chi connectivity index (χ3v) is 4.93. The molecule has 0 aliphatic rings. The van der Waals surface area contributed by atoms with E-state index in [9.17, 15) is 4.79 Å². The minimum Gasteiger partial charge on any atom is -0.493 e. The number of methoxy groups -OCH3 is 2. The maximum Gasteiger partial charge on any atom is 0.270 e. The Morgan fingerprint density at radius 1 is 1.19 bits per heavy atom. The Morgan fingerprint density at radius 3 is 2.63 bits per heavy atom. The summed E-state index contributed by atoms with van der Waals surface area (Å²) in [6.45, 7) is 4.34. The Bertz CT molecular complexity index is 998. The average molecular weight is 432 g/mol. The number of ether oxygens (including phenoxy) is 2. The number of nitrogens with zero attached hydrogens (tertiary/aromatic N) is 2. The van der Waals surface area contributed by atoms with Crippen LogP contribution in [0.2, 0.25) is 0 Å². The van der Waals surface area contributed by atoms with Crippen LogP contribution in [0.4, 0.5) is 0 Å². The Morgan fingerprint density at radius 2 is 1.93 bits per heavy atom. The summed E-state index contributed by atoms with van der Waals surface area (Å²) < 4.78 is 13.3. The molecule has 0 radical (unpaired) electrons. The molecule has 7 heteroatoms. The van der Waals surface area contributed by atoms with Gasteiger partial charge in [-0.3, -0.25) is 9.20 Å². The fraction of sp³-hybridized carbons (Fsp3) is 0.300. The number of rotatable bonds is 6. The number of nitrogens with one attached hydrogen (secondary N) is 1. The number of amides is 1. The number of fused-ring (bicyclic) bond motifs is 1. The van der Waals surface area contributed by atoms with Crippen LogP contribution < -0.4 is 14.8 Å². The Labute approximate surface area is 166 Å². The highest BCUT2D eigenvalue weighted by Gasteiger charge is 2.18. The first kappa shape index (κ1) is 19.2. The van der Waals surface area contributed by atoms with Gasteiger partial charge in [-0.05, 0) is 65.5 Å². The molecule has 0 saturated carbocycles. The molecule has 3 aromatic rings. The number of halogens is 1. The second kappa shape index (κ2) is 8.00. The van der Waals surface area contributed by atoms with Crippen molar-refractivity contribution in [1.82, 2.24) is 14.7 Å². The van der Waals surface area contributed by atoms with Crippen molar-refractivity contribution in [3.8, 4) is 11.5 Å². The monoisotopic (exact) mass is 431 g/mol. The van der Waals surface area contributed by atoms with E-state index in [0.29, 0.717) is 35.9 Å². The van der Waals surface area contributed by atoms with Gasteiger partial charge in [0, 0.05) is 12.7 Å². The number of hydrogen-bond donors (Lipinski definition) is 1. The minimum atomic E-state index is -0.141. The molecule has 2 aromatic heterocycles. The topological polar surface area (TPSA) is 64.9 Å². The van der Waals surface area contributed by atoms with Gasteiger partial charge < -0.3 is 14.8 Å². The normalized spacial score (nSPS) is 10.9. The van der Waals surface area contributed by atoms with E-state index in [1.807, 2.05) is 48.7 Å². The van der Waals surface area contributed by atoms with E-state index in [1.54, 1.807) is 14.2 Å². The van der Waals surface area contributed by atoms with Gasteiger partial charge in [0.15, 0.2) is 17.1 Å². The molecule has 1 amide bonds. The smallest absolute Gasteiger partial charge is 0.270 e. The molecule has 0 saturated heterocycles. The number of aryl methyl sites for hydroxylation is 2. The minimum absolute atomic E-state index is 0.141. The summed E-state index contributed by atoms with van der Waals surface area (Å²) in [7, 11) is 3.22. The summed E-state index contributed by atoms with van der Waals surface area (Å²) in [6, 6.07) is 7.74. The third-order valence-electron chi connectivity index (χ3n) is 4.35. The van der Waals surface area contributed by atoms with E-state index in [1.165, 1.54) is 0 Å². The first-order valence-corrected chi connectivity index (χ1v) is 9.37. The zero-order valence-electron chi connectivity index (χ0n) is 15.8. The molecular formula is C20H22BrN3O3. The van der Waals surface area contributed by atoms with E-state index >= 15 is 0 Å². The molecule has 0 unspecified atom stereocenters. The summed E-state index contributed by atoms with van der Waals surface area (Å²) in [6.07, 6.45) is 2.61. The van der Waals surface area contributed by atoms with E-state index in [2.05, 4.69) is 26.2 Å². The summed E-state index contributed by atoms with van der Waals surface area (Å²) in [5, 5.41) is 2.98. The van der Waals surface area contributed by atoms with Crippen molar-refractivity contribution in [1.29, 1.82) is 0 Å². The van der Waals surface area contributed by atoms with Crippen LogP contribution in [0.1, 0.15) is 27.3 Å². The average Bonchev–Trinajstić information content (AvgIpc) is 2.97. The van der Waals surface area contributed by atoms with Crippen molar-refractivity contribution in [3.63, 3.8) is 0 Å². The zero-order valence-corrected chi connectivity index (χ0v) is 17.4. The highest BCUT2D eigenvalue weighted by molar-refractivity contribution is 9.10. The number of pyridine rings is 1. The van der Waals surface area contributed by atoms with Crippen LogP contribution in [0.25, 0.3) is 5.65 Å². The highest BCUT2D eigenvalue weighted by atomic mass is 79.9. The van der Waals surface area contributed by atoms with Crippen LogP contribution >= 0.6 is 15.9 Å². The molecular weight excluding hydrogens is 410 g/mol. The lowest BCUT2D eigenvalue weighted by Gasteiger charge is -2.10. The van der Waals surface area contributed by atoms with E-state index in [-0.39, 0.29) is 5.91 Å². The largest absolute Gasteiger partial charge is 0.493 e. The number of carbonyl (C=O) groups excluding carboxylic acids is 1. The number of imidazole rings is 1. The zero-order chi connectivity index (χ0) is 19.6. The summed E-state index contributed by atoms with van der Waals surface area (Å²) in [5.74, 6) is 1.23. The van der Waals surface area contributed by atoms with Gasteiger partial charge in [0.05, 0.1) is 24.4 Å². The molecule has 0 bridgehead atoms. The van der Waals surface area contributed by atoms with E-state index in [4.69, 9.17) is 9.47 Å². The molecule has 0 atom stereocenters. The molecule has 0 aliphatic heterocycles. The van der Waals surface area contributed by atoms with Gasteiger partial charge >= 0.3 is 0 Å². The molecule has 3 rings (SSSR count). The van der Waals surface area contributed by atoms with Crippen molar-refractivity contribution in [3.05, 3.63) is 57.4 Å². The lowest BCUT2D eigenvalue weighted by atomic mass is 10.1. The third kappa shape index (κ3) is 3.93. The standard InChI is InChI=1S/C20H22BrN3O3/c1-12-9-15(21)19-23-13(2)18(24(19)11-12)20(25)22-8-7-14-5-6-16(26-3)17(10-14)27-4/h5-6,9-11H,7-8H2,1-4H3,(H,22,25). The van der Waals surface area contributed by atoms with Gasteiger partial charge in [0.1, 0.15) is 5.69 Å². The lowest BCUT2D eigenvalue weighted by Crippen LogP contribution is -2.27. The Balaban J connectivity index is 1.74. The second-order valence-corrected chi connectivity index (χ2v) is 7.15. The van der Waals surface area contributed by atoms with Crippen LogP contribution in [-0.4, -0.2) is 36.1 Å². The van der Waals surface area contributed by atoms with Gasteiger partial charge in [0.2, 0.25) is 0 Å². The molecule has 2 heterocycles. The lowest BCUT2D eigenvalue weighted by molar-refractivity contribution is 0.0947. The molecule has 0 aliphatic carbocycles. The summed E-state index contributed by atoms with van der Waals surface area (Å²) in [5.41, 5.74) is 4.10. The first-order chi connectivity index (χ1) is 12.9. The SMILES string of the molecule is COc1ccc(CCNC(=O)c2c(C)nc3c(Br)cc(C)cn23)cc1OC. The molecule has 27 heavy (non-hydrogen) atoms. The summed E-state index contributed by atoms with van der Waals surface area (Å²) >= 11 is 3.52. The maximum atomic E-state index is 12.7. The van der Waals surface area contributed by atoms with Crippen molar-refractivity contribution < 1.29 is 14.3 Å². The Kier molecular flexibility index (Phi) is 5.70. The van der Waals surface area contributed by atoms with Crippen molar-refractivity contribution in [2.75, 3.05) is 20.8 Å². The Hall–Kier alpha value is -2.54. The molecule has 1 aromatic carbocycles. The predicted molar refractivity (Wildman–Crippen MR) is 108 cm³/mol. The van der Waals surface area contributed by atoms with Crippen LogP contribution in [0.5, 0.6) is 11.5 Å². The van der Waals surface area contributed by atoms with Gasteiger partial charge in [-0.2, -0.15) is 0 Å². The molecule has 1 N–H and O–H groups in total. The van der Waals surface area contributed by atoms with Gasteiger partial charge in [-0.15, -0.1) is 0 Å². The highest BCUT2D eigenvalue weighted by Crippen LogP contribution is 2.27. The van der Waals surface area contributed by atoms with Gasteiger partial charge in [0.25, 0.3) is 5.91 Å². The van der Waals surface area contributed by atoms with E-state index in [0.717, 1.165) is 21.2 Å². The number of hydrogen-bond acceptors (Lipinski definition) is 4. The van der Waals surface area contributed by atoms with Crippen molar-refractivity contribution >= 4 is 27.5 Å². The molecule has 0 spiro atoms. The van der Waals surface area contributed by atoms with Crippen LogP contribution in [0, 0.1) is 13.8 Å². The van der Waals surface area contributed by atoms with E-state index < -0.39 is 0 Å². The van der Waals surface area contributed by atoms with Crippen LogP contribution in [-0.2, 0) is 6.42 Å². The van der Waals surface area contributed by atoms with Crippen LogP contribution in [0.3, 0.4) is 0 Å². The first-order valence-electron chi connectivity index (χ1n) is 8.58. The van der Waals surface area contributed by atoms with Crippen molar-refractivity contribution in [2.45, 2.75) is 20.3 Å². The summed E-state index contributed by atoms with van der Waals surface area (Å²) in [4.78, 5) is 17.3. The number of benzene rings is 1. The number of carbonyl (C=O) groups is 1. The van der Waals surface area contributed by atoms with Crippen LogP contribution in [0.15, 0.2) is 34.9 Å². The molecule has 0 fully saturated rings. The fourth-order valence-corrected chi connectivity index (χ4v) is 3.70. The van der Waals surface area contributed by atoms with Crippen molar-refractivity contribution in [2.24, 2.45) is 0 Å². The molecule has 6 nitrogen and oxygen atoms in total. The van der Waals surface area contributed by atoms with Gasteiger partial charge in [-0.1, -0.05) is 6.07 Å². The molecule has 142 valence electrons. The second-order valence-electron chi connectivity index (χ2n) is 6.30. The predicted octanol–water partition coefficient (Wildman–Crippen LogP) is 3.70. The van der Waals surface area contributed by atoms with Gasteiger partial charge in [-0.25, -0.2) is 4.98 Å². The number of aromatic nitrogens is 2. The maximum absolute atomic E-state index is 12.7. The quantitative estimate of drug-likeness (QED) is 0.645.